The predicted octanol–water partition coefficient (Wildman–Crippen LogP) is 5.93. The third kappa shape index (κ3) is 5.91. The molecule has 31 heavy (non-hydrogen) atoms. The quantitative estimate of drug-likeness (QED) is 0.492. The van der Waals surface area contributed by atoms with Gasteiger partial charge in [-0.15, -0.1) is 0 Å². The van der Waals surface area contributed by atoms with E-state index in [0.29, 0.717) is 18.2 Å². The maximum Gasteiger partial charge on any atom is 0.322 e. The van der Waals surface area contributed by atoms with Crippen molar-refractivity contribution in [3.8, 4) is 5.75 Å². The highest BCUT2D eigenvalue weighted by atomic mass is 16.5. The van der Waals surface area contributed by atoms with Crippen LogP contribution >= 0.6 is 0 Å². The zero-order chi connectivity index (χ0) is 22.4. The molecule has 1 aromatic heterocycles. The number of rotatable bonds is 8. The Labute approximate surface area is 185 Å². The van der Waals surface area contributed by atoms with Gasteiger partial charge in [0.2, 0.25) is 0 Å². The van der Waals surface area contributed by atoms with Crippen molar-refractivity contribution in [1.82, 2.24) is 9.47 Å². The number of methoxy groups -OCH3 is 1. The molecule has 5 heteroatoms. The van der Waals surface area contributed by atoms with Crippen molar-refractivity contribution in [2.75, 3.05) is 12.4 Å². The molecule has 3 aromatic rings. The second kappa shape index (κ2) is 10.2. The first-order chi connectivity index (χ1) is 14.9. The monoisotopic (exact) mass is 419 g/mol. The van der Waals surface area contributed by atoms with E-state index < -0.39 is 0 Å². The van der Waals surface area contributed by atoms with Crippen LogP contribution in [0.15, 0.2) is 66.9 Å². The minimum atomic E-state index is -0.113. The molecule has 0 aliphatic rings. The number of nitrogens with zero attached hydrogens (tertiary/aromatic N) is 2. The lowest BCUT2D eigenvalue weighted by molar-refractivity contribution is 0.168. The van der Waals surface area contributed by atoms with Gasteiger partial charge in [-0.05, 0) is 49.6 Å². The van der Waals surface area contributed by atoms with E-state index in [0.717, 1.165) is 17.9 Å². The summed E-state index contributed by atoms with van der Waals surface area (Å²) < 4.78 is 7.50. The van der Waals surface area contributed by atoms with Crippen LogP contribution in [0.4, 0.5) is 10.5 Å². The summed E-state index contributed by atoms with van der Waals surface area (Å²) in [4.78, 5) is 15.2. The Hall–Kier alpha value is -3.21. The fourth-order valence-corrected chi connectivity index (χ4v) is 3.59. The van der Waals surface area contributed by atoms with Crippen LogP contribution in [0.25, 0.3) is 0 Å². The van der Waals surface area contributed by atoms with Gasteiger partial charge in [0.05, 0.1) is 13.7 Å². The maximum atomic E-state index is 13.3. The van der Waals surface area contributed by atoms with Gasteiger partial charge in [-0.25, -0.2) is 4.79 Å². The van der Waals surface area contributed by atoms with E-state index in [1.807, 2.05) is 35.2 Å². The lowest BCUT2D eigenvalue weighted by atomic mass is 10.0. The molecule has 5 nitrogen and oxygen atoms in total. The summed E-state index contributed by atoms with van der Waals surface area (Å²) in [5.41, 5.74) is 4.33. The van der Waals surface area contributed by atoms with E-state index in [-0.39, 0.29) is 12.1 Å². The van der Waals surface area contributed by atoms with Crippen LogP contribution in [0.2, 0.25) is 0 Å². The average molecular weight is 420 g/mol. The van der Waals surface area contributed by atoms with E-state index in [1.165, 1.54) is 11.1 Å². The van der Waals surface area contributed by atoms with Gasteiger partial charge in [0.1, 0.15) is 5.75 Å². The van der Waals surface area contributed by atoms with E-state index in [9.17, 15) is 4.79 Å². The van der Waals surface area contributed by atoms with Crippen LogP contribution in [-0.4, -0.2) is 28.6 Å². The third-order valence-corrected chi connectivity index (χ3v) is 5.73. The number of carbonyl (C=O) groups is 1. The highest BCUT2D eigenvalue weighted by Gasteiger charge is 2.24. The first-order valence-electron chi connectivity index (χ1n) is 10.8. The number of urea groups is 1. The third-order valence-electron chi connectivity index (χ3n) is 5.73. The Kier molecular flexibility index (Phi) is 7.40. The smallest absolute Gasteiger partial charge is 0.322 e. The first kappa shape index (κ1) is 22.5. The standard InChI is InChI=1S/C26H33N3O2/c1-19(2)21(4)29(26(30)27-23-11-7-13-25(16-23)31-5)18-24-12-8-14-28(24)17-22-10-6-9-20(3)15-22/h6-16,19,21H,17-18H2,1-5H3,(H,27,30)/t21-/m1/s1. The molecule has 1 N–H and O–H groups in total. The Morgan fingerprint density at radius 1 is 1.06 bits per heavy atom. The second-order valence-electron chi connectivity index (χ2n) is 8.39. The predicted molar refractivity (Wildman–Crippen MR) is 127 cm³/mol. The largest absolute Gasteiger partial charge is 0.497 e. The number of amides is 2. The van der Waals surface area contributed by atoms with Crippen LogP contribution in [0.5, 0.6) is 5.75 Å². The van der Waals surface area contributed by atoms with Crippen molar-refractivity contribution in [1.29, 1.82) is 0 Å². The minimum absolute atomic E-state index is 0.0768. The molecular weight excluding hydrogens is 386 g/mol. The lowest BCUT2D eigenvalue weighted by Gasteiger charge is -2.32. The van der Waals surface area contributed by atoms with Crippen molar-refractivity contribution in [3.05, 3.63) is 83.7 Å². The summed E-state index contributed by atoms with van der Waals surface area (Å²) in [6.45, 7) is 9.81. The Bertz CT molecular complexity index is 1010. The van der Waals surface area contributed by atoms with Crippen molar-refractivity contribution >= 4 is 11.7 Å². The highest BCUT2D eigenvalue weighted by molar-refractivity contribution is 5.89. The molecule has 0 saturated heterocycles. The number of carbonyl (C=O) groups excluding carboxylic acids is 1. The molecule has 0 bridgehead atoms. The van der Waals surface area contributed by atoms with Gasteiger partial charge in [0.25, 0.3) is 0 Å². The minimum Gasteiger partial charge on any atom is -0.497 e. The van der Waals surface area contributed by atoms with Crippen LogP contribution < -0.4 is 10.1 Å². The van der Waals surface area contributed by atoms with Crippen molar-refractivity contribution in [2.45, 2.75) is 46.8 Å². The zero-order valence-electron chi connectivity index (χ0n) is 19.1. The summed E-state index contributed by atoms with van der Waals surface area (Å²) in [5, 5.41) is 3.04. The second-order valence-corrected chi connectivity index (χ2v) is 8.39. The number of aryl methyl sites for hydroxylation is 1. The summed E-state index contributed by atoms with van der Waals surface area (Å²) in [6, 6.07) is 20.1. The molecule has 2 amide bonds. The number of aromatic nitrogens is 1. The van der Waals surface area contributed by atoms with E-state index in [2.05, 4.69) is 74.1 Å². The van der Waals surface area contributed by atoms with Crippen LogP contribution in [-0.2, 0) is 13.1 Å². The number of anilines is 1. The van der Waals surface area contributed by atoms with Gasteiger partial charge < -0.3 is 19.5 Å². The summed E-state index contributed by atoms with van der Waals surface area (Å²) in [6.07, 6.45) is 2.08. The van der Waals surface area contributed by atoms with E-state index >= 15 is 0 Å². The lowest BCUT2D eigenvalue weighted by Crippen LogP contribution is -2.43. The molecule has 0 saturated carbocycles. The number of nitrogens with one attached hydrogen (secondary N) is 1. The molecule has 0 aliphatic heterocycles. The highest BCUT2D eigenvalue weighted by Crippen LogP contribution is 2.21. The topological polar surface area (TPSA) is 46.5 Å². The number of hydrogen-bond acceptors (Lipinski definition) is 2. The van der Waals surface area contributed by atoms with Crippen LogP contribution in [0, 0.1) is 12.8 Å². The van der Waals surface area contributed by atoms with Crippen LogP contribution in [0.1, 0.15) is 37.6 Å². The maximum absolute atomic E-state index is 13.3. The molecule has 1 heterocycles. The molecule has 0 radical (unpaired) electrons. The molecule has 2 aromatic carbocycles. The summed E-state index contributed by atoms with van der Waals surface area (Å²) >= 11 is 0. The van der Waals surface area contributed by atoms with Crippen LogP contribution in [0.3, 0.4) is 0 Å². The molecule has 0 unspecified atom stereocenters. The Morgan fingerprint density at radius 3 is 2.55 bits per heavy atom. The molecule has 164 valence electrons. The molecular formula is C26H33N3O2. The molecule has 0 spiro atoms. The van der Waals surface area contributed by atoms with Gasteiger partial charge >= 0.3 is 6.03 Å². The molecule has 0 aliphatic carbocycles. The van der Waals surface area contributed by atoms with Crippen molar-refractivity contribution in [2.24, 2.45) is 5.92 Å². The van der Waals surface area contributed by atoms with Gasteiger partial charge in [0.15, 0.2) is 0 Å². The molecule has 0 fully saturated rings. The molecule has 3 rings (SSSR count). The normalized spacial score (nSPS) is 11.9. The van der Waals surface area contributed by atoms with Gasteiger partial charge in [-0.1, -0.05) is 49.7 Å². The first-order valence-corrected chi connectivity index (χ1v) is 10.8. The van der Waals surface area contributed by atoms with E-state index in [1.54, 1.807) is 7.11 Å². The fourth-order valence-electron chi connectivity index (χ4n) is 3.59. The Balaban J connectivity index is 1.80. The number of ether oxygens (including phenoxy) is 1. The van der Waals surface area contributed by atoms with E-state index in [4.69, 9.17) is 4.74 Å². The fraction of sp³-hybridized carbons (Fsp3) is 0.346. The average Bonchev–Trinajstić information content (AvgIpc) is 3.18. The van der Waals surface area contributed by atoms with Gasteiger partial charge in [-0.2, -0.15) is 0 Å². The SMILES string of the molecule is COc1cccc(NC(=O)N(Cc2cccn2Cc2cccc(C)c2)[C@H](C)C(C)C)c1. The van der Waals surface area contributed by atoms with Gasteiger partial charge in [-0.3, -0.25) is 0 Å². The summed E-state index contributed by atoms with van der Waals surface area (Å²) in [7, 11) is 1.62. The van der Waals surface area contributed by atoms with Crippen molar-refractivity contribution < 1.29 is 9.53 Å². The number of benzene rings is 2. The number of hydrogen-bond donors (Lipinski definition) is 1. The molecule has 1 atom stereocenters. The van der Waals surface area contributed by atoms with Gasteiger partial charge in [0, 0.05) is 36.2 Å². The summed E-state index contributed by atoms with van der Waals surface area (Å²) in [5.74, 6) is 1.05. The Morgan fingerprint density at radius 2 is 1.84 bits per heavy atom. The van der Waals surface area contributed by atoms with Crippen molar-refractivity contribution in [3.63, 3.8) is 0 Å². The zero-order valence-corrected chi connectivity index (χ0v) is 19.1.